The summed E-state index contributed by atoms with van der Waals surface area (Å²) in [5, 5.41) is 10.2. The molecular formula is C16H23NO3. The highest BCUT2D eigenvalue weighted by Gasteiger charge is 2.39. The number of carbonyl (C=O) groups excluding carboxylic acids is 1. The maximum atomic E-state index is 12.3. The zero-order chi connectivity index (χ0) is 14.9. The van der Waals surface area contributed by atoms with E-state index in [1.165, 1.54) is 0 Å². The molecule has 1 N–H and O–H groups in total. The fourth-order valence-electron chi connectivity index (χ4n) is 2.60. The van der Waals surface area contributed by atoms with Crippen molar-refractivity contribution in [1.82, 2.24) is 4.90 Å². The first-order valence-electron chi connectivity index (χ1n) is 7.03. The third-order valence-corrected chi connectivity index (χ3v) is 3.50. The zero-order valence-corrected chi connectivity index (χ0v) is 12.6. The SMILES string of the molecule is Cc1ccccc1C1C(O)CCN1C(=O)OC(C)(C)C. The molecule has 1 saturated heterocycles. The van der Waals surface area contributed by atoms with Gasteiger partial charge in [-0.15, -0.1) is 0 Å². The number of aliphatic hydroxyl groups is 1. The predicted molar refractivity (Wildman–Crippen MR) is 77.5 cm³/mol. The average molecular weight is 277 g/mol. The van der Waals surface area contributed by atoms with Gasteiger partial charge in [-0.05, 0) is 45.2 Å². The van der Waals surface area contributed by atoms with Gasteiger partial charge in [-0.3, -0.25) is 4.90 Å². The molecule has 0 aromatic heterocycles. The second kappa shape index (κ2) is 5.44. The third-order valence-electron chi connectivity index (χ3n) is 3.50. The molecule has 2 atom stereocenters. The first-order valence-corrected chi connectivity index (χ1v) is 7.03. The molecule has 110 valence electrons. The summed E-state index contributed by atoms with van der Waals surface area (Å²) in [5.41, 5.74) is 1.54. The second-order valence-corrected chi connectivity index (χ2v) is 6.33. The zero-order valence-electron chi connectivity index (χ0n) is 12.6. The molecule has 1 aliphatic rings. The molecule has 1 aliphatic heterocycles. The molecule has 2 rings (SSSR count). The van der Waals surface area contributed by atoms with Crippen molar-refractivity contribution >= 4 is 6.09 Å². The van der Waals surface area contributed by atoms with Crippen LogP contribution in [-0.4, -0.2) is 34.3 Å². The van der Waals surface area contributed by atoms with Crippen LogP contribution >= 0.6 is 0 Å². The van der Waals surface area contributed by atoms with Gasteiger partial charge in [0.1, 0.15) is 5.60 Å². The summed E-state index contributed by atoms with van der Waals surface area (Å²) in [5.74, 6) is 0. The van der Waals surface area contributed by atoms with Crippen LogP contribution < -0.4 is 0 Å². The molecule has 1 fully saturated rings. The van der Waals surface area contributed by atoms with Crippen molar-refractivity contribution in [1.29, 1.82) is 0 Å². The van der Waals surface area contributed by atoms with Gasteiger partial charge < -0.3 is 9.84 Å². The van der Waals surface area contributed by atoms with E-state index in [0.717, 1.165) is 11.1 Å². The molecule has 0 radical (unpaired) electrons. The van der Waals surface area contributed by atoms with Crippen LogP contribution in [0.15, 0.2) is 24.3 Å². The molecular weight excluding hydrogens is 254 g/mol. The van der Waals surface area contributed by atoms with Gasteiger partial charge >= 0.3 is 6.09 Å². The molecule has 1 aromatic rings. The number of aryl methyl sites for hydroxylation is 1. The molecule has 1 heterocycles. The van der Waals surface area contributed by atoms with Crippen molar-refractivity contribution in [3.63, 3.8) is 0 Å². The van der Waals surface area contributed by atoms with E-state index in [1.807, 2.05) is 52.0 Å². The van der Waals surface area contributed by atoms with Crippen molar-refractivity contribution in [2.75, 3.05) is 6.54 Å². The van der Waals surface area contributed by atoms with Crippen LogP contribution in [0.4, 0.5) is 4.79 Å². The quantitative estimate of drug-likeness (QED) is 0.858. The number of amides is 1. The van der Waals surface area contributed by atoms with Crippen LogP contribution in [0.25, 0.3) is 0 Å². The molecule has 2 unspecified atom stereocenters. The highest BCUT2D eigenvalue weighted by molar-refractivity contribution is 5.69. The van der Waals surface area contributed by atoms with Crippen molar-refractivity contribution < 1.29 is 14.6 Å². The number of carbonyl (C=O) groups is 1. The Kier molecular flexibility index (Phi) is 4.04. The van der Waals surface area contributed by atoms with Crippen LogP contribution in [0, 0.1) is 6.92 Å². The van der Waals surface area contributed by atoms with Gasteiger partial charge in [-0.2, -0.15) is 0 Å². The van der Waals surface area contributed by atoms with E-state index in [1.54, 1.807) is 4.90 Å². The Hall–Kier alpha value is -1.55. The lowest BCUT2D eigenvalue weighted by Gasteiger charge is -2.30. The Labute approximate surface area is 120 Å². The van der Waals surface area contributed by atoms with E-state index in [-0.39, 0.29) is 12.1 Å². The lowest BCUT2D eigenvalue weighted by atomic mass is 9.98. The van der Waals surface area contributed by atoms with Gasteiger partial charge in [0.05, 0.1) is 12.1 Å². The smallest absolute Gasteiger partial charge is 0.410 e. The van der Waals surface area contributed by atoms with Gasteiger partial charge in [-0.25, -0.2) is 4.79 Å². The summed E-state index contributed by atoms with van der Waals surface area (Å²) in [6.45, 7) is 8.06. The summed E-state index contributed by atoms with van der Waals surface area (Å²) in [6, 6.07) is 7.53. The van der Waals surface area contributed by atoms with Gasteiger partial charge in [-0.1, -0.05) is 24.3 Å². The summed E-state index contributed by atoms with van der Waals surface area (Å²) in [7, 11) is 0. The van der Waals surface area contributed by atoms with Crippen LogP contribution in [0.2, 0.25) is 0 Å². The second-order valence-electron chi connectivity index (χ2n) is 6.33. The number of rotatable bonds is 1. The fraction of sp³-hybridized carbons (Fsp3) is 0.562. The first kappa shape index (κ1) is 14.9. The highest BCUT2D eigenvalue weighted by Crippen LogP contribution is 2.35. The first-order chi connectivity index (χ1) is 9.29. The van der Waals surface area contributed by atoms with E-state index in [9.17, 15) is 9.90 Å². The van der Waals surface area contributed by atoms with Crippen LogP contribution in [0.3, 0.4) is 0 Å². The molecule has 0 spiro atoms. The van der Waals surface area contributed by atoms with Crippen LogP contribution in [0.1, 0.15) is 44.4 Å². The lowest BCUT2D eigenvalue weighted by molar-refractivity contribution is 0.0151. The maximum Gasteiger partial charge on any atom is 0.410 e. The summed E-state index contributed by atoms with van der Waals surface area (Å²) < 4.78 is 5.44. The monoisotopic (exact) mass is 277 g/mol. The number of nitrogens with zero attached hydrogens (tertiary/aromatic N) is 1. The van der Waals surface area contributed by atoms with E-state index in [4.69, 9.17) is 4.74 Å². The minimum atomic E-state index is -0.538. The summed E-state index contributed by atoms with van der Waals surface area (Å²) >= 11 is 0. The van der Waals surface area contributed by atoms with Crippen molar-refractivity contribution in [2.24, 2.45) is 0 Å². The Morgan fingerprint density at radius 2 is 2.00 bits per heavy atom. The summed E-state index contributed by atoms with van der Waals surface area (Å²) in [6.07, 6.45) is -0.316. The number of ether oxygens (including phenoxy) is 1. The minimum Gasteiger partial charge on any atom is -0.444 e. The Balaban J connectivity index is 2.26. The fourth-order valence-corrected chi connectivity index (χ4v) is 2.60. The molecule has 1 aromatic carbocycles. The normalized spacial score (nSPS) is 22.9. The Morgan fingerprint density at radius 1 is 1.35 bits per heavy atom. The number of likely N-dealkylation sites (tertiary alicyclic amines) is 1. The van der Waals surface area contributed by atoms with E-state index < -0.39 is 11.7 Å². The van der Waals surface area contributed by atoms with Gasteiger partial charge in [0, 0.05) is 6.54 Å². The Morgan fingerprint density at radius 3 is 2.60 bits per heavy atom. The average Bonchev–Trinajstić information content (AvgIpc) is 2.70. The molecule has 0 bridgehead atoms. The minimum absolute atomic E-state index is 0.314. The van der Waals surface area contributed by atoms with E-state index >= 15 is 0 Å². The predicted octanol–water partition coefficient (Wildman–Crippen LogP) is 3.04. The summed E-state index contributed by atoms with van der Waals surface area (Å²) in [4.78, 5) is 13.9. The molecule has 1 amide bonds. The number of aliphatic hydroxyl groups excluding tert-OH is 1. The van der Waals surface area contributed by atoms with Gasteiger partial charge in [0.2, 0.25) is 0 Å². The number of benzene rings is 1. The molecule has 20 heavy (non-hydrogen) atoms. The van der Waals surface area contributed by atoms with E-state index in [2.05, 4.69) is 0 Å². The van der Waals surface area contributed by atoms with Gasteiger partial charge in [0.15, 0.2) is 0 Å². The highest BCUT2D eigenvalue weighted by atomic mass is 16.6. The van der Waals surface area contributed by atoms with Crippen LogP contribution in [0.5, 0.6) is 0 Å². The maximum absolute atomic E-state index is 12.3. The van der Waals surface area contributed by atoms with Crippen molar-refractivity contribution in [3.05, 3.63) is 35.4 Å². The molecule has 0 saturated carbocycles. The number of hydrogen-bond acceptors (Lipinski definition) is 3. The number of hydrogen-bond donors (Lipinski definition) is 1. The van der Waals surface area contributed by atoms with E-state index in [0.29, 0.717) is 13.0 Å². The van der Waals surface area contributed by atoms with Crippen LogP contribution in [-0.2, 0) is 4.74 Å². The topological polar surface area (TPSA) is 49.8 Å². The standard InChI is InChI=1S/C16H23NO3/c1-11-7-5-6-8-12(11)14-13(18)9-10-17(14)15(19)20-16(2,3)4/h5-8,13-14,18H,9-10H2,1-4H3. The van der Waals surface area contributed by atoms with Crippen molar-refractivity contribution in [3.8, 4) is 0 Å². The Bertz CT molecular complexity index is 493. The van der Waals surface area contributed by atoms with Gasteiger partial charge in [0.25, 0.3) is 0 Å². The largest absolute Gasteiger partial charge is 0.444 e. The molecule has 0 aliphatic carbocycles. The van der Waals surface area contributed by atoms with Crippen molar-refractivity contribution in [2.45, 2.75) is 51.9 Å². The third kappa shape index (κ3) is 3.12. The molecule has 4 nitrogen and oxygen atoms in total. The lowest BCUT2D eigenvalue weighted by Crippen LogP contribution is -2.38. The molecule has 4 heteroatoms.